The molecule has 16 heteroatoms. The first-order chi connectivity index (χ1) is 23.1. The molecular weight excluding hydrogens is 738 g/mol. The van der Waals surface area contributed by atoms with Crippen molar-refractivity contribution in [2.45, 2.75) is 114 Å². The molecule has 2 unspecified atom stereocenters. The van der Waals surface area contributed by atoms with E-state index in [0.717, 1.165) is 12.0 Å². The average molecular weight is 785 g/mol. The van der Waals surface area contributed by atoms with Gasteiger partial charge >= 0.3 is 18.2 Å². The highest BCUT2D eigenvalue weighted by molar-refractivity contribution is 9.10. The second-order valence-electron chi connectivity index (χ2n) is 14.7. The van der Waals surface area contributed by atoms with E-state index in [-0.39, 0.29) is 30.2 Å². The summed E-state index contributed by atoms with van der Waals surface area (Å²) in [6.07, 6.45) is 1.04. The van der Waals surface area contributed by atoms with E-state index in [4.69, 9.17) is 18.4 Å². The third-order valence-corrected chi connectivity index (χ3v) is 10.3. The minimum Gasteiger partial charge on any atom is -0.467 e. The molecule has 0 aromatic heterocycles. The molecule has 3 aliphatic rings. The third kappa shape index (κ3) is 9.04. The number of rotatable bonds is 10. The summed E-state index contributed by atoms with van der Waals surface area (Å²) >= 11 is 3.27. The number of allylic oxidation sites excluding steroid dienone is 1. The molecule has 2 aliphatic carbocycles. The van der Waals surface area contributed by atoms with Crippen LogP contribution in [0.5, 0.6) is 0 Å². The molecule has 50 heavy (non-hydrogen) atoms. The molecule has 5 atom stereocenters. The molecule has 3 fully saturated rings. The third-order valence-electron chi connectivity index (χ3n) is 8.37. The van der Waals surface area contributed by atoms with Gasteiger partial charge in [-0.15, -0.1) is 0 Å². The first-order valence-corrected chi connectivity index (χ1v) is 18.6. The van der Waals surface area contributed by atoms with Crippen LogP contribution in [-0.4, -0.2) is 96.8 Å². The van der Waals surface area contributed by atoms with Crippen LogP contribution in [0.4, 0.5) is 9.59 Å². The highest BCUT2D eigenvalue weighted by Crippen LogP contribution is 2.52. The van der Waals surface area contributed by atoms with Gasteiger partial charge in [0.25, 0.3) is 16.0 Å². The van der Waals surface area contributed by atoms with Gasteiger partial charge in [0.05, 0.1) is 18.1 Å². The van der Waals surface area contributed by atoms with Crippen LogP contribution in [0.25, 0.3) is 0 Å². The van der Waals surface area contributed by atoms with Gasteiger partial charge in [0, 0.05) is 23.4 Å². The summed E-state index contributed by atoms with van der Waals surface area (Å²) in [6.45, 7) is 11.1. The summed E-state index contributed by atoms with van der Waals surface area (Å²) in [7, 11) is -3.24. The van der Waals surface area contributed by atoms with E-state index >= 15 is 0 Å². The van der Waals surface area contributed by atoms with Crippen molar-refractivity contribution in [2.24, 2.45) is 11.8 Å². The van der Waals surface area contributed by atoms with E-state index in [0.29, 0.717) is 22.2 Å². The zero-order valence-corrected chi connectivity index (χ0v) is 32.0. The van der Waals surface area contributed by atoms with Gasteiger partial charge in [-0.05, 0) is 97.9 Å². The summed E-state index contributed by atoms with van der Waals surface area (Å²) in [5.41, 5.74) is -3.72. The van der Waals surface area contributed by atoms with Gasteiger partial charge in [0.1, 0.15) is 23.3 Å². The summed E-state index contributed by atoms with van der Waals surface area (Å²) in [4.78, 5) is 70.9. The first kappa shape index (κ1) is 39.3. The number of alkyl carbamates (subject to hydrolysis) is 1. The number of carbonyl (C=O) groups is 5. The van der Waals surface area contributed by atoms with E-state index in [2.05, 4.69) is 21.2 Å². The fourth-order valence-electron chi connectivity index (χ4n) is 6.01. The number of nitrogens with one attached hydrogen (secondary N) is 1. The molecule has 0 radical (unpaired) electrons. The highest BCUT2D eigenvalue weighted by Gasteiger charge is 2.69. The molecule has 1 saturated heterocycles. The zero-order chi connectivity index (χ0) is 37.4. The molecule has 4 amide bonds. The van der Waals surface area contributed by atoms with Gasteiger partial charge in [-0.1, -0.05) is 28.1 Å². The number of nitrogens with zero attached hydrogens (tertiary/aromatic N) is 2. The molecule has 276 valence electrons. The maximum absolute atomic E-state index is 14.8. The van der Waals surface area contributed by atoms with Crippen LogP contribution < -0.4 is 5.32 Å². The molecule has 1 N–H and O–H groups in total. The van der Waals surface area contributed by atoms with E-state index < -0.39 is 80.9 Å². The van der Waals surface area contributed by atoms with Crippen LogP contribution in [0, 0.1) is 11.8 Å². The number of likely N-dealkylation sites (tertiary alicyclic amines) is 1. The van der Waals surface area contributed by atoms with E-state index in [9.17, 15) is 32.4 Å². The van der Waals surface area contributed by atoms with Gasteiger partial charge in [0.2, 0.25) is 5.91 Å². The number of amides is 4. The van der Waals surface area contributed by atoms with Crippen molar-refractivity contribution in [3.8, 4) is 0 Å². The van der Waals surface area contributed by atoms with Crippen LogP contribution in [0.3, 0.4) is 0 Å². The number of carbonyl (C=O) groups excluding carboxylic acids is 5. The molecule has 0 bridgehead atoms. The first-order valence-electron chi connectivity index (χ1n) is 16.4. The van der Waals surface area contributed by atoms with Crippen LogP contribution >= 0.6 is 15.9 Å². The molecule has 4 rings (SSSR count). The Morgan fingerprint density at radius 1 is 1.02 bits per heavy atom. The molecular formula is C34H46BrN3O11S. The van der Waals surface area contributed by atoms with Crippen LogP contribution in [0.15, 0.2) is 45.8 Å². The fraction of sp³-hybridized carbons (Fsp3) is 0.618. The minimum absolute atomic E-state index is 0.0401. The van der Waals surface area contributed by atoms with Gasteiger partial charge in [-0.3, -0.25) is 13.8 Å². The highest BCUT2D eigenvalue weighted by atomic mass is 79.9. The Morgan fingerprint density at radius 2 is 1.62 bits per heavy atom. The lowest BCUT2D eigenvalue weighted by atomic mass is 10.1. The Morgan fingerprint density at radius 3 is 2.14 bits per heavy atom. The van der Waals surface area contributed by atoms with E-state index in [1.54, 1.807) is 60.6 Å². The Labute approximate surface area is 301 Å². The van der Waals surface area contributed by atoms with Crippen LogP contribution in [0.1, 0.15) is 74.1 Å². The number of esters is 1. The zero-order valence-electron chi connectivity index (χ0n) is 29.6. The lowest BCUT2D eigenvalue weighted by molar-refractivity contribution is -0.157. The average Bonchev–Trinajstić information content (AvgIpc) is 3.91. The Bertz CT molecular complexity index is 1630. The molecule has 1 aromatic rings. The van der Waals surface area contributed by atoms with Crippen molar-refractivity contribution >= 4 is 56.0 Å². The number of methoxy groups -OCH3 is 1. The van der Waals surface area contributed by atoms with Crippen LogP contribution in [-0.2, 0) is 42.9 Å². The molecule has 2 saturated carbocycles. The van der Waals surface area contributed by atoms with E-state index in [1.807, 2.05) is 0 Å². The number of halogens is 1. The Hall–Kier alpha value is -3.50. The summed E-state index contributed by atoms with van der Waals surface area (Å²) in [6, 6.07) is 3.12. The minimum atomic E-state index is -4.38. The van der Waals surface area contributed by atoms with Crippen molar-refractivity contribution in [1.82, 2.24) is 15.1 Å². The number of hydrogen-bond donors (Lipinski definition) is 1. The second kappa shape index (κ2) is 14.6. The van der Waals surface area contributed by atoms with Crippen molar-refractivity contribution in [2.75, 3.05) is 13.7 Å². The largest absolute Gasteiger partial charge is 0.467 e. The summed E-state index contributed by atoms with van der Waals surface area (Å²) in [5.74, 6) is -3.42. The van der Waals surface area contributed by atoms with Gasteiger partial charge in [-0.25, -0.2) is 19.3 Å². The molecule has 1 heterocycles. The van der Waals surface area contributed by atoms with Crippen molar-refractivity contribution in [3.05, 3.63) is 40.9 Å². The van der Waals surface area contributed by atoms with Crippen molar-refractivity contribution in [3.63, 3.8) is 0 Å². The number of hydrogen-bond acceptors (Lipinski definition) is 11. The standard InChI is InChI=1S/C34H46BrN3O11S/c1-9-10-21-18-34(21,29(41)46-8)38(31(43)48-33(5,6)7)27(39)25-17-23(49-50(44,45)24-15-13-22(35)14-16-24)19-37(25)28(40)26(20-11-12-20)36-30(42)47-32(2,3)4/h9-10,13-16,20-21,23,25-26H,11-12,17-19H2,1-8H3,(H,36,42)/b10-9-/t21?,23-,25?,26-,34+/m0/s1. The quantitative estimate of drug-likeness (QED) is 0.151. The fourth-order valence-corrected chi connectivity index (χ4v) is 7.35. The number of ether oxygens (including phenoxy) is 3. The predicted octanol–water partition coefficient (Wildman–Crippen LogP) is 4.70. The summed E-state index contributed by atoms with van der Waals surface area (Å²) in [5, 5.41) is 2.63. The second-order valence-corrected chi connectivity index (χ2v) is 17.2. The topological polar surface area (TPSA) is 175 Å². The summed E-state index contributed by atoms with van der Waals surface area (Å²) < 4.78 is 49.0. The Balaban J connectivity index is 1.76. The SMILES string of the molecule is C/C=C\C1C[C@@]1(C(=O)OC)N(C(=O)OC(C)(C)C)C(=O)C1C[C@H](OS(=O)(=O)c2ccc(Br)cc2)CN1C(=O)[C@@H](NC(=O)OC(C)(C)C)C1CC1. The van der Waals surface area contributed by atoms with Crippen molar-refractivity contribution in [1.29, 1.82) is 0 Å². The van der Waals surface area contributed by atoms with Gasteiger partial charge in [-0.2, -0.15) is 8.42 Å². The van der Waals surface area contributed by atoms with Gasteiger partial charge in [0.15, 0.2) is 5.54 Å². The maximum atomic E-state index is 14.8. The number of imide groups is 1. The normalized spacial score (nSPS) is 24.3. The maximum Gasteiger partial charge on any atom is 0.418 e. The smallest absolute Gasteiger partial charge is 0.418 e. The monoisotopic (exact) mass is 783 g/mol. The van der Waals surface area contributed by atoms with Crippen LogP contribution in [0.2, 0.25) is 0 Å². The lowest BCUT2D eigenvalue weighted by Crippen LogP contribution is -2.60. The van der Waals surface area contributed by atoms with Gasteiger partial charge < -0.3 is 24.4 Å². The predicted molar refractivity (Wildman–Crippen MR) is 183 cm³/mol. The molecule has 1 aromatic carbocycles. The van der Waals surface area contributed by atoms with E-state index in [1.165, 1.54) is 24.3 Å². The van der Waals surface area contributed by atoms with Crippen molar-refractivity contribution < 1.29 is 50.8 Å². The molecule has 1 aliphatic heterocycles. The molecule has 14 nitrogen and oxygen atoms in total. The lowest BCUT2D eigenvalue weighted by Gasteiger charge is -2.35. The Kier molecular flexibility index (Phi) is 11.5. The molecule has 0 spiro atoms. The number of benzene rings is 1.